The zero-order chi connectivity index (χ0) is 13.2. The Morgan fingerprint density at radius 3 is 2.89 bits per heavy atom. The van der Waals surface area contributed by atoms with Crippen LogP contribution in [0.15, 0.2) is 42.5 Å². The fraction of sp³-hybridized carbons (Fsp3) is 0.133. The molecule has 0 bridgehead atoms. The third-order valence-corrected chi connectivity index (χ3v) is 3.27. The molecule has 2 aromatic carbocycles. The van der Waals surface area contributed by atoms with Gasteiger partial charge in [0, 0.05) is 5.56 Å². The molecule has 1 aliphatic rings. The van der Waals surface area contributed by atoms with Gasteiger partial charge in [0.05, 0.1) is 6.61 Å². The first-order valence-corrected chi connectivity index (χ1v) is 6.24. The van der Waals surface area contributed by atoms with Gasteiger partial charge in [0.25, 0.3) is 0 Å². The minimum Gasteiger partial charge on any atom is -0.457 e. The lowest BCUT2D eigenvalue weighted by atomic mass is 9.64. The molecule has 3 rings (SSSR count). The molecule has 0 aliphatic carbocycles. The second kappa shape index (κ2) is 4.90. The Labute approximate surface area is 112 Å². The molecule has 0 saturated carbocycles. The van der Waals surface area contributed by atoms with Gasteiger partial charge in [0.1, 0.15) is 17.8 Å². The van der Waals surface area contributed by atoms with Crippen molar-refractivity contribution in [2.45, 2.75) is 13.4 Å². The highest BCUT2D eigenvalue weighted by Crippen LogP contribution is 2.24. The number of carbonyl (C=O) groups is 1. The average Bonchev–Trinajstić information content (AvgIpc) is 2.80. The van der Waals surface area contributed by atoms with Crippen LogP contribution in [0.4, 0.5) is 0 Å². The first-order chi connectivity index (χ1) is 9.26. The van der Waals surface area contributed by atoms with Crippen LogP contribution in [0.3, 0.4) is 0 Å². The Bertz CT molecular complexity index is 625. The van der Waals surface area contributed by atoms with Crippen molar-refractivity contribution in [1.29, 1.82) is 0 Å². The lowest BCUT2D eigenvalue weighted by Crippen LogP contribution is -2.23. The zero-order valence-corrected chi connectivity index (χ0v) is 10.6. The van der Waals surface area contributed by atoms with Crippen LogP contribution in [0.25, 0.3) is 0 Å². The summed E-state index contributed by atoms with van der Waals surface area (Å²) in [5.41, 5.74) is 2.99. The van der Waals surface area contributed by atoms with E-state index in [1.807, 2.05) is 31.1 Å². The number of rotatable bonds is 3. The van der Waals surface area contributed by atoms with E-state index in [9.17, 15) is 4.79 Å². The Morgan fingerprint density at radius 2 is 2.05 bits per heavy atom. The fourth-order valence-corrected chi connectivity index (χ4v) is 2.26. The predicted molar refractivity (Wildman–Crippen MR) is 74.4 cm³/mol. The molecule has 19 heavy (non-hydrogen) atoms. The lowest BCUT2D eigenvalue weighted by Gasteiger charge is -2.08. The van der Waals surface area contributed by atoms with Crippen LogP contribution in [-0.2, 0) is 11.3 Å². The van der Waals surface area contributed by atoms with Gasteiger partial charge in [0.2, 0.25) is 0 Å². The summed E-state index contributed by atoms with van der Waals surface area (Å²) >= 11 is 0. The standard InChI is InChI=1S/C15H13BO3/c1-16-15-6-5-14(8-12(15)10-18-16)19-13-4-2-3-11(7-13)9-17/h2-9H,10H2,1H3. The molecule has 0 atom stereocenters. The molecule has 0 amide bonds. The van der Waals surface area contributed by atoms with Crippen molar-refractivity contribution in [3.05, 3.63) is 53.6 Å². The monoisotopic (exact) mass is 252 g/mol. The van der Waals surface area contributed by atoms with Crippen molar-refractivity contribution < 1.29 is 14.2 Å². The Kier molecular flexibility index (Phi) is 3.09. The molecule has 0 aromatic heterocycles. The molecule has 0 saturated heterocycles. The number of aldehydes is 1. The van der Waals surface area contributed by atoms with Gasteiger partial charge in [-0.2, -0.15) is 0 Å². The molecule has 0 fully saturated rings. The van der Waals surface area contributed by atoms with E-state index in [1.165, 1.54) is 5.46 Å². The number of hydrogen-bond acceptors (Lipinski definition) is 3. The summed E-state index contributed by atoms with van der Waals surface area (Å²) in [6.45, 7) is 2.82. The van der Waals surface area contributed by atoms with Crippen molar-refractivity contribution in [1.82, 2.24) is 0 Å². The van der Waals surface area contributed by atoms with Gasteiger partial charge in [-0.05, 0) is 35.3 Å². The van der Waals surface area contributed by atoms with Crippen molar-refractivity contribution in [3.63, 3.8) is 0 Å². The smallest absolute Gasteiger partial charge is 0.324 e. The summed E-state index contributed by atoms with van der Waals surface area (Å²) < 4.78 is 11.3. The van der Waals surface area contributed by atoms with Crippen LogP contribution in [0.5, 0.6) is 11.5 Å². The predicted octanol–water partition coefficient (Wildman–Crippen LogP) is 2.65. The van der Waals surface area contributed by atoms with Crippen LogP contribution in [0, 0.1) is 0 Å². The Balaban J connectivity index is 1.85. The van der Waals surface area contributed by atoms with E-state index in [0.29, 0.717) is 17.9 Å². The summed E-state index contributed by atoms with van der Waals surface area (Å²) in [6, 6.07) is 13.1. The molecule has 0 radical (unpaired) electrons. The molecule has 2 aromatic rings. The molecule has 0 N–H and O–H groups in total. The topological polar surface area (TPSA) is 35.5 Å². The van der Waals surface area contributed by atoms with E-state index in [1.54, 1.807) is 18.2 Å². The third kappa shape index (κ3) is 2.40. The summed E-state index contributed by atoms with van der Waals surface area (Å²) in [5, 5.41) is 0. The highest BCUT2D eigenvalue weighted by Gasteiger charge is 2.23. The van der Waals surface area contributed by atoms with Crippen molar-refractivity contribution in [2.75, 3.05) is 0 Å². The molecular weight excluding hydrogens is 239 g/mol. The van der Waals surface area contributed by atoms with Gasteiger partial charge in [-0.1, -0.05) is 25.0 Å². The highest BCUT2D eigenvalue weighted by molar-refractivity contribution is 6.67. The second-order valence-corrected chi connectivity index (χ2v) is 4.61. The van der Waals surface area contributed by atoms with E-state index in [4.69, 9.17) is 9.39 Å². The zero-order valence-electron chi connectivity index (χ0n) is 10.6. The SMILES string of the molecule is CB1OCc2cc(Oc3cccc(C=O)c3)ccc21. The highest BCUT2D eigenvalue weighted by atomic mass is 16.5. The first kappa shape index (κ1) is 12.0. The maximum Gasteiger partial charge on any atom is 0.324 e. The fourth-order valence-electron chi connectivity index (χ4n) is 2.26. The maximum atomic E-state index is 10.7. The lowest BCUT2D eigenvalue weighted by molar-refractivity contribution is 0.112. The maximum absolute atomic E-state index is 10.7. The van der Waals surface area contributed by atoms with Gasteiger partial charge >= 0.3 is 6.92 Å². The number of fused-ring (bicyclic) bond motifs is 1. The molecule has 1 heterocycles. The van der Waals surface area contributed by atoms with Crippen LogP contribution in [0.2, 0.25) is 6.82 Å². The summed E-state index contributed by atoms with van der Waals surface area (Å²) in [5.74, 6) is 1.43. The van der Waals surface area contributed by atoms with Gasteiger partial charge in [-0.25, -0.2) is 0 Å². The van der Waals surface area contributed by atoms with Crippen LogP contribution >= 0.6 is 0 Å². The number of hydrogen-bond donors (Lipinski definition) is 0. The third-order valence-electron chi connectivity index (χ3n) is 3.27. The van der Waals surface area contributed by atoms with Gasteiger partial charge in [-0.3, -0.25) is 4.79 Å². The van der Waals surface area contributed by atoms with Gasteiger partial charge < -0.3 is 9.39 Å². The summed E-state index contributed by atoms with van der Waals surface area (Å²) in [7, 11) is 0. The largest absolute Gasteiger partial charge is 0.457 e. The first-order valence-electron chi connectivity index (χ1n) is 6.24. The average molecular weight is 252 g/mol. The molecule has 4 heteroatoms. The molecule has 0 unspecified atom stereocenters. The number of benzene rings is 2. The van der Waals surface area contributed by atoms with Crippen molar-refractivity contribution in [3.8, 4) is 11.5 Å². The van der Waals surface area contributed by atoms with Crippen molar-refractivity contribution in [2.24, 2.45) is 0 Å². The number of carbonyl (C=O) groups excluding carboxylic acids is 1. The molecule has 3 nitrogen and oxygen atoms in total. The van der Waals surface area contributed by atoms with Gasteiger partial charge in [0.15, 0.2) is 0 Å². The van der Waals surface area contributed by atoms with Crippen LogP contribution in [-0.4, -0.2) is 13.2 Å². The normalized spacial score (nSPS) is 13.2. The minimum absolute atomic E-state index is 0.155. The molecule has 0 spiro atoms. The Morgan fingerprint density at radius 1 is 1.21 bits per heavy atom. The van der Waals surface area contributed by atoms with Crippen molar-refractivity contribution >= 4 is 18.7 Å². The molecular formula is C15H13BO3. The van der Waals surface area contributed by atoms with Gasteiger partial charge in [-0.15, -0.1) is 0 Å². The van der Waals surface area contributed by atoms with E-state index >= 15 is 0 Å². The minimum atomic E-state index is 0.155. The van der Waals surface area contributed by atoms with E-state index in [-0.39, 0.29) is 6.92 Å². The quantitative estimate of drug-likeness (QED) is 0.622. The summed E-state index contributed by atoms with van der Waals surface area (Å²) in [4.78, 5) is 10.7. The Hall–Kier alpha value is -2.07. The van der Waals surface area contributed by atoms with E-state index in [2.05, 4.69) is 0 Å². The van der Waals surface area contributed by atoms with Crippen LogP contribution < -0.4 is 10.2 Å². The van der Waals surface area contributed by atoms with Crippen LogP contribution in [0.1, 0.15) is 15.9 Å². The molecule has 1 aliphatic heterocycles. The van der Waals surface area contributed by atoms with E-state index in [0.717, 1.165) is 17.6 Å². The van der Waals surface area contributed by atoms with E-state index < -0.39 is 0 Å². The second-order valence-electron chi connectivity index (χ2n) is 4.61. The molecule has 94 valence electrons. The summed E-state index contributed by atoms with van der Waals surface area (Å²) in [6.07, 6.45) is 0.811. The number of ether oxygens (including phenoxy) is 1.